The molecular weight excluding hydrogens is 312 g/mol. The molecule has 0 saturated heterocycles. The van der Waals surface area contributed by atoms with Crippen LogP contribution in [0, 0.1) is 12.8 Å². The first-order valence-electron chi connectivity index (χ1n) is 7.45. The van der Waals surface area contributed by atoms with Gasteiger partial charge >= 0.3 is 5.63 Å². The summed E-state index contributed by atoms with van der Waals surface area (Å²) in [4.78, 5) is 11.8. The van der Waals surface area contributed by atoms with Gasteiger partial charge in [-0.2, -0.15) is 0 Å². The highest BCUT2D eigenvalue weighted by atomic mass is 32.2. The molecule has 0 aliphatic rings. The molecule has 0 saturated carbocycles. The Hall–Kier alpha value is -2.15. The number of tetrazole rings is 1. The molecule has 2 heterocycles. The van der Waals surface area contributed by atoms with Crippen molar-refractivity contribution in [1.82, 2.24) is 20.2 Å². The van der Waals surface area contributed by atoms with Crippen LogP contribution in [0.15, 0.2) is 38.6 Å². The van der Waals surface area contributed by atoms with E-state index >= 15 is 0 Å². The van der Waals surface area contributed by atoms with Gasteiger partial charge in [-0.15, -0.1) is 5.10 Å². The summed E-state index contributed by atoms with van der Waals surface area (Å²) >= 11 is 1.52. The van der Waals surface area contributed by atoms with Crippen molar-refractivity contribution in [2.75, 3.05) is 0 Å². The second-order valence-electron chi connectivity index (χ2n) is 5.92. The molecule has 23 heavy (non-hydrogen) atoms. The van der Waals surface area contributed by atoms with Gasteiger partial charge in [0.2, 0.25) is 5.16 Å². The van der Waals surface area contributed by atoms with Crippen LogP contribution in [0.4, 0.5) is 0 Å². The molecular formula is C16H18N4O2S. The Morgan fingerprint density at radius 1 is 1.30 bits per heavy atom. The average molecular weight is 330 g/mol. The minimum absolute atomic E-state index is 0.333. The first-order valence-corrected chi connectivity index (χ1v) is 8.44. The molecule has 0 aliphatic carbocycles. The zero-order chi connectivity index (χ0) is 16.4. The Labute approximate surface area is 137 Å². The van der Waals surface area contributed by atoms with Crippen LogP contribution in [-0.2, 0) is 12.3 Å². The number of thioether (sulfide) groups is 1. The summed E-state index contributed by atoms with van der Waals surface area (Å²) < 4.78 is 7.08. The van der Waals surface area contributed by atoms with E-state index in [1.54, 1.807) is 10.7 Å². The normalized spacial score (nSPS) is 11.5. The summed E-state index contributed by atoms with van der Waals surface area (Å²) in [6.45, 7) is 6.98. The van der Waals surface area contributed by atoms with Crippen LogP contribution in [0.1, 0.15) is 25.0 Å². The fraction of sp³-hybridized carbons (Fsp3) is 0.375. The monoisotopic (exact) mass is 330 g/mol. The zero-order valence-corrected chi connectivity index (χ0v) is 14.1. The first-order chi connectivity index (χ1) is 11.0. The molecule has 2 aromatic heterocycles. The van der Waals surface area contributed by atoms with Crippen molar-refractivity contribution >= 4 is 22.7 Å². The fourth-order valence-electron chi connectivity index (χ4n) is 2.36. The van der Waals surface area contributed by atoms with E-state index in [1.807, 2.05) is 25.1 Å². The van der Waals surface area contributed by atoms with Crippen LogP contribution in [0.25, 0.3) is 11.0 Å². The first kappa shape index (κ1) is 15.7. The molecule has 0 amide bonds. The van der Waals surface area contributed by atoms with Crippen LogP contribution < -0.4 is 5.63 Å². The second-order valence-corrected chi connectivity index (χ2v) is 6.86. The Morgan fingerprint density at radius 2 is 2.13 bits per heavy atom. The largest absolute Gasteiger partial charge is 0.423 e. The van der Waals surface area contributed by atoms with E-state index in [9.17, 15) is 4.79 Å². The fourth-order valence-corrected chi connectivity index (χ4v) is 3.24. The van der Waals surface area contributed by atoms with Gasteiger partial charge in [0.25, 0.3) is 0 Å². The minimum Gasteiger partial charge on any atom is -0.423 e. The summed E-state index contributed by atoms with van der Waals surface area (Å²) in [5.74, 6) is 1.08. The number of fused-ring (bicyclic) bond motifs is 1. The predicted octanol–water partition coefficient (Wildman–Crippen LogP) is 3.04. The van der Waals surface area contributed by atoms with Crippen LogP contribution in [0.2, 0.25) is 0 Å². The van der Waals surface area contributed by atoms with Gasteiger partial charge in [-0.05, 0) is 40.5 Å². The van der Waals surface area contributed by atoms with Gasteiger partial charge in [-0.3, -0.25) is 0 Å². The van der Waals surface area contributed by atoms with E-state index in [0.717, 1.165) is 28.2 Å². The summed E-state index contributed by atoms with van der Waals surface area (Å²) in [5.41, 5.74) is 2.28. The summed E-state index contributed by atoms with van der Waals surface area (Å²) in [6, 6.07) is 7.43. The van der Waals surface area contributed by atoms with Gasteiger partial charge in [-0.1, -0.05) is 37.7 Å². The number of aryl methyl sites for hydroxylation is 1. The molecule has 0 N–H and O–H groups in total. The number of rotatable bonds is 5. The van der Waals surface area contributed by atoms with Gasteiger partial charge < -0.3 is 4.42 Å². The van der Waals surface area contributed by atoms with Crippen LogP contribution in [0.3, 0.4) is 0 Å². The molecule has 0 radical (unpaired) electrons. The molecule has 0 spiro atoms. The highest BCUT2D eigenvalue weighted by Crippen LogP contribution is 2.25. The SMILES string of the molecule is Cc1ccc2c(CSc3nnnn3CC(C)C)cc(=O)oc2c1. The number of hydrogen-bond donors (Lipinski definition) is 0. The molecule has 0 bridgehead atoms. The van der Waals surface area contributed by atoms with E-state index in [2.05, 4.69) is 29.4 Å². The number of hydrogen-bond acceptors (Lipinski definition) is 6. The molecule has 3 aromatic rings. The molecule has 0 aliphatic heterocycles. The molecule has 6 nitrogen and oxygen atoms in total. The standard InChI is InChI=1S/C16H18N4O2S/c1-10(2)8-20-16(17-18-19-20)23-9-12-7-15(21)22-14-6-11(3)4-5-13(12)14/h4-7,10H,8-9H2,1-3H3. The Balaban J connectivity index is 1.88. The lowest BCUT2D eigenvalue weighted by atomic mass is 10.1. The van der Waals surface area contributed by atoms with Gasteiger partial charge in [0.1, 0.15) is 5.58 Å². The lowest BCUT2D eigenvalue weighted by Gasteiger charge is -2.08. The lowest BCUT2D eigenvalue weighted by molar-refractivity contribution is 0.446. The lowest BCUT2D eigenvalue weighted by Crippen LogP contribution is -2.08. The summed E-state index contributed by atoms with van der Waals surface area (Å²) in [5, 5.41) is 13.5. The van der Waals surface area contributed by atoms with Gasteiger partial charge in [0.05, 0.1) is 0 Å². The summed E-state index contributed by atoms with van der Waals surface area (Å²) in [7, 11) is 0. The van der Waals surface area contributed by atoms with E-state index < -0.39 is 0 Å². The maximum Gasteiger partial charge on any atom is 0.336 e. The third-order valence-corrected chi connectivity index (χ3v) is 4.39. The van der Waals surface area contributed by atoms with Crippen LogP contribution in [-0.4, -0.2) is 20.2 Å². The van der Waals surface area contributed by atoms with E-state index in [0.29, 0.717) is 17.3 Å². The second kappa shape index (κ2) is 6.54. The van der Waals surface area contributed by atoms with Crippen molar-refractivity contribution in [3.63, 3.8) is 0 Å². The Bertz CT molecular complexity index is 885. The van der Waals surface area contributed by atoms with E-state index in [-0.39, 0.29) is 5.63 Å². The quantitative estimate of drug-likeness (QED) is 0.529. The number of benzene rings is 1. The van der Waals surface area contributed by atoms with Crippen molar-refractivity contribution < 1.29 is 4.42 Å². The van der Waals surface area contributed by atoms with Crippen molar-refractivity contribution in [2.45, 2.75) is 38.2 Å². The van der Waals surface area contributed by atoms with Crippen molar-refractivity contribution in [1.29, 1.82) is 0 Å². The predicted molar refractivity (Wildman–Crippen MR) is 89.4 cm³/mol. The highest BCUT2D eigenvalue weighted by Gasteiger charge is 2.11. The maximum atomic E-state index is 11.8. The molecule has 1 aromatic carbocycles. The van der Waals surface area contributed by atoms with E-state index in [1.165, 1.54) is 11.8 Å². The molecule has 7 heteroatoms. The zero-order valence-electron chi connectivity index (χ0n) is 13.3. The number of aromatic nitrogens is 4. The topological polar surface area (TPSA) is 73.8 Å². The molecule has 3 rings (SSSR count). The third kappa shape index (κ3) is 3.61. The smallest absolute Gasteiger partial charge is 0.336 e. The average Bonchev–Trinajstić information content (AvgIpc) is 2.90. The minimum atomic E-state index is -0.333. The van der Waals surface area contributed by atoms with Crippen molar-refractivity contribution in [3.8, 4) is 0 Å². The Kier molecular flexibility index (Phi) is 4.47. The third-order valence-electron chi connectivity index (χ3n) is 3.38. The van der Waals surface area contributed by atoms with Crippen molar-refractivity contribution in [2.24, 2.45) is 5.92 Å². The highest BCUT2D eigenvalue weighted by molar-refractivity contribution is 7.98. The van der Waals surface area contributed by atoms with Crippen LogP contribution in [0.5, 0.6) is 0 Å². The maximum absolute atomic E-state index is 11.8. The van der Waals surface area contributed by atoms with E-state index in [4.69, 9.17) is 4.42 Å². The molecule has 120 valence electrons. The Morgan fingerprint density at radius 3 is 2.91 bits per heavy atom. The van der Waals surface area contributed by atoms with Gasteiger partial charge in [0.15, 0.2) is 0 Å². The van der Waals surface area contributed by atoms with Gasteiger partial charge in [-0.25, -0.2) is 9.48 Å². The van der Waals surface area contributed by atoms with Gasteiger partial charge in [0, 0.05) is 23.8 Å². The van der Waals surface area contributed by atoms with Crippen LogP contribution >= 0.6 is 11.8 Å². The molecule has 0 unspecified atom stereocenters. The van der Waals surface area contributed by atoms with Crippen molar-refractivity contribution in [3.05, 3.63) is 45.8 Å². The molecule has 0 fully saturated rings. The summed E-state index contributed by atoms with van der Waals surface area (Å²) in [6.07, 6.45) is 0. The molecule has 0 atom stereocenters. The number of nitrogens with zero attached hydrogens (tertiary/aromatic N) is 4.